The smallest absolute Gasteiger partial charge is 0.243 e. The van der Waals surface area contributed by atoms with Crippen LogP contribution in [0.15, 0.2) is 23.2 Å². The molecular formula is C13H22N4O2S. The number of hydrogen-bond donors (Lipinski definition) is 2. The van der Waals surface area contributed by atoms with Gasteiger partial charge in [0.1, 0.15) is 5.82 Å². The number of hydrogen-bond acceptors (Lipinski definition) is 5. The number of nitrogens with one attached hydrogen (secondary N) is 1. The molecule has 1 aromatic rings. The molecule has 0 atom stereocenters. The quantitative estimate of drug-likeness (QED) is 0.636. The van der Waals surface area contributed by atoms with Crippen LogP contribution in [0, 0.1) is 5.92 Å². The molecule has 1 aliphatic heterocycles. The summed E-state index contributed by atoms with van der Waals surface area (Å²) in [5.74, 6) is 6.28. The first-order valence-corrected chi connectivity index (χ1v) is 8.44. The molecule has 2 rings (SSSR count). The number of nitrogens with zero attached hydrogens (tertiary/aromatic N) is 2. The molecular weight excluding hydrogens is 276 g/mol. The van der Waals surface area contributed by atoms with Crippen LogP contribution in [-0.4, -0.2) is 30.8 Å². The van der Waals surface area contributed by atoms with Crippen molar-refractivity contribution in [2.24, 2.45) is 11.8 Å². The van der Waals surface area contributed by atoms with Crippen molar-refractivity contribution in [1.82, 2.24) is 9.29 Å². The van der Waals surface area contributed by atoms with E-state index in [1.54, 1.807) is 4.31 Å². The average Bonchev–Trinajstić information content (AvgIpc) is 2.48. The Hall–Kier alpha value is -1.18. The molecule has 0 aromatic carbocycles. The highest BCUT2D eigenvalue weighted by Gasteiger charge is 2.29. The summed E-state index contributed by atoms with van der Waals surface area (Å²) < 4.78 is 26.7. The maximum Gasteiger partial charge on any atom is 0.243 e. The number of hydrazine groups is 1. The minimum atomic E-state index is -3.44. The van der Waals surface area contributed by atoms with Gasteiger partial charge < -0.3 is 5.43 Å². The zero-order valence-corrected chi connectivity index (χ0v) is 12.6. The lowest BCUT2D eigenvalue weighted by Gasteiger charge is -2.31. The van der Waals surface area contributed by atoms with Crippen molar-refractivity contribution in [1.29, 1.82) is 0 Å². The topological polar surface area (TPSA) is 88.3 Å². The van der Waals surface area contributed by atoms with Crippen LogP contribution in [0.4, 0.5) is 5.82 Å². The molecule has 6 nitrogen and oxygen atoms in total. The number of nitrogen functional groups attached to an aromatic ring is 1. The number of aromatic nitrogens is 1. The first-order valence-electron chi connectivity index (χ1n) is 7.00. The number of piperidine rings is 1. The molecule has 3 N–H and O–H groups in total. The highest BCUT2D eigenvalue weighted by Crippen LogP contribution is 2.26. The van der Waals surface area contributed by atoms with Gasteiger partial charge in [-0.05, 0) is 24.8 Å². The third-order valence-electron chi connectivity index (χ3n) is 3.79. The first kappa shape index (κ1) is 15.2. The van der Waals surface area contributed by atoms with Gasteiger partial charge in [-0.25, -0.2) is 19.2 Å². The fourth-order valence-electron chi connectivity index (χ4n) is 2.65. The molecule has 112 valence electrons. The van der Waals surface area contributed by atoms with Crippen LogP contribution in [-0.2, 0) is 10.0 Å². The minimum Gasteiger partial charge on any atom is -0.308 e. The lowest BCUT2D eigenvalue weighted by atomic mass is 9.94. The number of sulfonamides is 1. The monoisotopic (exact) mass is 298 g/mol. The summed E-state index contributed by atoms with van der Waals surface area (Å²) in [6, 6.07) is 2.97. The Bertz CT molecular complexity index is 539. The largest absolute Gasteiger partial charge is 0.308 e. The van der Waals surface area contributed by atoms with Gasteiger partial charge in [0.05, 0.1) is 4.90 Å². The summed E-state index contributed by atoms with van der Waals surface area (Å²) in [6.07, 6.45) is 5.68. The third kappa shape index (κ3) is 3.28. The molecule has 0 bridgehead atoms. The molecule has 1 aromatic heterocycles. The van der Waals surface area contributed by atoms with E-state index in [1.807, 2.05) is 0 Å². The first-order chi connectivity index (χ1) is 9.57. The molecule has 7 heteroatoms. The van der Waals surface area contributed by atoms with Crippen LogP contribution in [0.2, 0.25) is 0 Å². The van der Waals surface area contributed by atoms with Crippen molar-refractivity contribution in [3.8, 4) is 0 Å². The second kappa shape index (κ2) is 6.51. The van der Waals surface area contributed by atoms with Crippen molar-refractivity contribution < 1.29 is 8.42 Å². The van der Waals surface area contributed by atoms with E-state index in [-0.39, 0.29) is 4.90 Å². The summed E-state index contributed by atoms with van der Waals surface area (Å²) in [4.78, 5) is 4.18. The molecule has 1 aliphatic rings. The normalized spacial score (nSPS) is 18.1. The summed E-state index contributed by atoms with van der Waals surface area (Å²) in [5.41, 5.74) is 2.37. The SMILES string of the molecule is CCCC1CCN(S(=O)(=O)c2ccnc(NN)c2)CC1. The van der Waals surface area contributed by atoms with E-state index in [9.17, 15) is 8.42 Å². The van der Waals surface area contributed by atoms with Crippen LogP contribution in [0.3, 0.4) is 0 Å². The molecule has 2 heterocycles. The number of nitrogens with two attached hydrogens (primary N) is 1. The van der Waals surface area contributed by atoms with Crippen LogP contribution in [0.5, 0.6) is 0 Å². The highest BCUT2D eigenvalue weighted by atomic mass is 32.2. The third-order valence-corrected chi connectivity index (χ3v) is 5.68. The van der Waals surface area contributed by atoms with Crippen molar-refractivity contribution in [3.63, 3.8) is 0 Å². The Morgan fingerprint density at radius 3 is 2.75 bits per heavy atom. The maximum absolute atomic E-state index is 12.5. The lowest BCUT2D eigenvalue weighted by Crippen LogP contribution is -2.38. The van der Waals surface area contributed by atoms with Gasteiger partial charge in [0.15, 0.2) is 0 Å². The van der Waals surface area contributed by atoms with Gasteiger partial charge >= 0.3 is 0 Å². The fourth-order valence-corrected chi connectivity index (χ4v) is 4.13. The maximum atomic E-state index is 12.5. The van der Waals surface area contributed by atoms with Gasteiger partial charge in [0.2, 0.25) is 10.0 Å². The van der Waals surface area contributed by atoms with E-state index in [2.05, 4.69) is 17.3 Å². The summed E-state index contributed by atoms with van der Waals surface area (Å²) in [5, 5.41) is 0. The second-order valence-electron chi connectivity index (χ2n) is 5.16. The average molecular weight is 298 g/mol. The summed E-state index contributed by atoms with van der Waals surface area (Å²) in [7, 11) is -3.44. The molecule has 0 amide bonds. The standard InChI is InChI=1S/C13H22N4O2S/c1-2-3-11-5-8-17(9-6-11)20(18,19)12-4-7-15-13(10-12)16-14/h4,7,10-11H,2-3,5-6,8-9,14H2,1H3,(H,15,16). The van der Waals surface area contributed by atoms with Crippen molar-refractivity contribution >= 4 is 15.8 Å². The molecule has 20 heavy (non-hydrogen) atoms. The Balaban J connectivity index is 2.11. The van der Waals surface area contributed by atoms with Crippen molar-refractivity contribution in [3.05, 3.63) is 18.3 Å². The van der Waals surface area contributed by atoms with Gasteiger partial charge in [-0.2, -0.15) is 4.31 Å². The summed E-state index contributed by atoms with van der Waals surface area (Å²) in [6.45, 7) is 3.36. The van der Waals surface area contributed by atoms with Gasteiger partial charge in [0, 0.05) is 25.4 Å². The Morgan fingerprint density at radius 1 is 1.45 bits per heavy atom. The van der Waals surface area contributed by atoms with E-state index in [1.165, 1.54) is 24.8 Å². The molecule has 0 radical (unpaired) electrons. The lowest BCUT2D eigenvalue weighted by molar-refractivity contribution is 0.262. The Morgan fingerprint density at radius 2 is 2.15 bits per heavy atom. The fraction of sp³-hybridized carbons (Fsp3) is 0.615. The molecule has 1 saturated heterocycles. The van der Waals surface area contributed by atoms with Crippen LogP contribution >= 0.6 is 0 Å². The molecule has 0 aliphatic carbocycles. The van der Waals surface area contributed by atoms with E-state index in [0.29, 0.717) is 24.8 Å². The zero-order chi connectivity index (χ0) is 14.6. The Kier molecular flexibility index (Phi) is 4.95. The van der Waals surface area contributed by atoms with Gasteiger partial charge in [-0.15, -0.1) is 0 Å². The molecule has 0 saturated carbocycles. The van der Waals surface area contributed by atoms with Crippen LogP contribution in [0.25, 0.3) is 0 Å². The van der Waals surface area contributed by atoms with Crippen LogP contribution in [0.1, 0.15) is 32.6 Å². The Labute approximate surface area is 120 Å². The van der Waals surface area contributed by atoms with Gasteiger partial charge in [0.25, 0.3) is 0 Å². The zero-order valence-electron chi connectivity index (χ0n) is 11.7. The number of rotatable bonds is 5. The minimum absolute atomic E-state index is 0.245. The van der Waals surface area contributed by atoms with E-state index in [0.717, 1.165) is 19.3 Å². The predicted molar refractivity (Wildman–Crippen MR) is 78.4 cm³/mol. The predicted octanol–water partition coefficient (Wildman–Crippen LogP) is 1.57. The van der Waals surface area contributed by atoms with Gasteiger partial charge in [-0.1, -0.05) is 19.8 Å². The molecule has 0 unspecified atom stereocenters. The van der Waals surface area contributed by atoms with Crippen molar-refractivity contribution in [2.75, 3.05) is 18.5 Å². The number of pyridine rings is 1. The molecule has 0 spiro atoms. The highest BCUT2D eigenvalue weighted by molar-refractivity contribution is 7.89. The molecule has 1 fully saturated rings. The van der Waals surface area contributed by atoms with Gasteiger partial charge in [-0.3, -0.25) is 0 Å². The van der Waals surface area contributed by atoms with E-state index in [4.69, 9.17) is 5.84 Å². The van der Waals surface area contributed by atoms with Crippen LogP contribution < -0.4 is 11.3 Å². The van der Waals surface area contributed by atoms with Crippen molar-refractivity contribution in [2.45, 2.75) is 37.5 Å². The summed E-state index contributed by atoms with van der Waals surface area (Å²) >= 11 is 0. The number of anilines is 1. The second-order valence-corrected chi connectivity index (χ2v) is 7.10. The van der Waals surface area contributed by atoms with E-state index >= 15 is 0 Å². The van der Waals surface area contributed by atoms with E-state index < -0.39 is 10.0 Å².